The first-order valence-corrected chi connectivity index (χ1v) is 11.2. The molecule has 2 aromatic heterocycles. The highest BCUT2D eigenvalue weighted by atomic mass is 35.5. The summed E-state index contributed by atoms with van der Waals surface area (Å²) in [6.07, 6.45) is 1.43. The van der Waals surface area contributed by atoms with Crippen molar-refractivity contribution in [2.45, 2.75) is 20.8 Å². The van der Waals surface area contributed by atoms with Crippen molar-refractivity contribution < 1.29 is 21.6 Å². The maximum absolute atomic E-state index is 14.0. The van der Waals surface area contributed by atoms with Crippen LogP contribution >= 0.6 is 23.4 Å². The number of oxazole rings is 1. The summed E-state index contributed by atoms with van der Waals surface area (Å²) in [5.41, 5.74) is 0.420. The molecular formula is C20H13ClFNO4S2. The molecule has 0 aliphatic heterocycles. The van der Waals surface area contributed by atoms with Gasteiger partial charge in [-0.05, 0) is 48.0 Å². The minimum absolute atomic E-state index is 0.0222. The van der Waals surface area contributed by atoms with Crippen molar-refractivity contribution in [3.8, 4) is 11.7 Å². The number of hydrogen-bond donors (Lipinski definition) is 0. The van der Waals surface area contributed by atoms with Crippen molar-refractivity contribution in [2.24, 2.45) is 0 Å². The number of thioether (sulfide) groups is 1. The molecule has 4 rings (SSSR count). The van der Waals surface area contributed by atoms with Crippen LogP contribution in [0.25, 0.3) is 11.7 Å². The van der Waals surface area contributed by atoms with Crippen molar-refractivity contribution in [2.75, 3.05) is 0 Å². The second-order valence-electron chi connectivity index (χ2n) is 5.93. The molecule has 0 unspecified atom stereocenters. The zero-order valence-electron chi connectivity index (χ0n) is 14.7. The molecule has 0 N–H and O–H groups in total. The quantitative estimate of drug-likeness (QED) is 0.344. The summed E-state index contributed by atoms with van der Waals surface area (Å²) in [5, 5.41) is 0.205. The zero-order valence-corrected chi connectivity index (χ0v) is 17.1. The van der Waals surface area contributed by atoms with Crippen LogP contribution in [-0.4, -0.2) is 13.4 Å². The second kappa shape index (κ2) is 8.06. The Morgan fingerprint density at radius 2 is 1.79 bits per heavy atom. The molecule has 9 heteroatoms. The molecule has 0 aliphatic rings. The summed E-state index contributed by atoms with van der Waals surface area (Å²) in [5.74, 6) is 0.101. The van der Waals surface area contributed by atoms with Crippen LogP contribution in [0.5, 0.6) is 0 Å². The van der Waals surface area contributed by atoms with Crippen LogP contribution in [0.2, 0.25) is 5.02 Å². The van der Waals surface area contributed by atoms with E-state index in [0.717, 1.165) is 11.8 Å². The van der Waals surface area contributed by atoms with Gasteiger partial charge in [0.15, 0.2) is 5.76 Å². The number of rotatable bonds is 6. The van der Waals surface area contributed by atoms with Crippen LogP contribution in [0.3, 0.4) is 0 Å². The molecule has 2 heterocycles. The highest BCUT2D eigenvalue weighted by molar-refractivity contribution is 7.99. The van der Waals surface area contributed by atoms with Gasteiger partial charge in [0.05, 0.1) is 11.2 Å². The third kappa shape index (κ3) is 4.10. The molecular weight excluding hydrogens is 437 g/mol. The molecule has 5 nitrogen and oxygen atoms in total. The molecule has 0 radical (unpaired) electrons. The highest BCUT2D eigenvalue weighted by Gasteiger charge is 2.29. The Kier molecular flexibility index (Phi) is 5.49. The molecule has 29 heavy (non-hydrogen) atoms. The average molecular weight is 450 g/mol. The van der Waals surface area contributed by atoms with Crippen molar-refractivity contribution in [3.63, 3.8) is 0 Å². The Morgan fingerprint density at radius 3 is 2.48 bits per heavy atom. The minimum atomic E-state index is -3.99. The lowest BCUT2D eigenvalue weighted by atomic mass is 10.2. The Bertz CT molecular complexity index is 1240. The molecule has 0 aliphatic carbocycles. The summed E-state index contributed by atoms with van der Waals surface area (Å²) in [6.45, 7) is 0. The number of aromatic nitrogens is 1. The van der Waals surface area contributed by atoms with Crippen LogP contribution in [-0.2, 0) is 15.6 Å². The van der Waals surface area contributed by atoms with E-state index in [9.17, 15) is 12.8 Å². The lowest BCUT2D eigenvalue weighted by molar-refractivity contribution is 0.451. The summed E-state index contributed by atoms with van der Waals surface area (Å²) in [6, 6.07) is 15.3. The van der Waals surface area contributed by atoms with Gasteiger partial charge in [-0.1, -0.05) is 41.6 Å². The lowest BCUT2D eigenvalue weighted by Crippen LogP contribution is -2.04. The zero-order chi connectivity index (χ0) is 20.4. The largest absolute Gasteiger partial charge is 0.459 e. The van der Waals surface area contributed by atoms with Gasteiger partial charge in [0.1, 0.15) is 5.82 Å². The summed E-state index contributed by atoms with van der Waals surface area (Å²) in [7, 11) is -3.99. The van der Waals surface area contributed by atoms with Gasteiger partial charge in [-0.3, -0.25) is 0 Å². The lowest BCUT2D eigenvalue weighted by Gasteiger charge is -2.04. The second-order valence-corrected chi connectivity index (χ2v) is 9.18. The Labute approximate surface area is 175 Å². The Morgan fingerprint density at radius 1 is 1.03 bits per heavy atom. The fourth-order valence-corrected chi connectivity index (χ4v) is 5.18. The molecule has 0 saturated heterocycles. The molecule has 4 aromatic rings. The molecule has 0 fully saturated rings. The smallest absolute Gasteiger partial charge is 0.265 e. The number of benzene rings is 2. The average Bonchev–Trinajstić information content (AvgIpc) is 3.38. The monoisotopic (exact) mass is 449 g/mol. The van der Waals surface area contributed by atoms with E-state index in [1.807, 2.05) is 0 Å². The van der Waals surface area contributed by atoms with Crippen molar-refractivity contribution in [1.82, 2.24) is 4.98 Å². The van der Waals surface area contributed by atoms with Gasteiger partial charge >= 0.3 is 0 Å². The SMILES string of the molecule is O=S(=O)(c1ccc(Cl)cc1)c1nc(-c2ccco2)oc1SCc1ccccc1F. The first-order chi connectivity index (χ1) is 13.9. The summed E-state index contributed by atoms with van der Waals surface area (Å²) < 4.78 is 51.2. The van der Waals surface area contributed by atoms with Gasteiger partial charge in [0.2, 0.25) is 20.0 Å². The number of nitrogens with zero attached hydrogens (tertiary/aromatic N) is 1. The van der Waals surface area contributed by atoms with Gasteiger partial charge in [-0.25, -0.2) is 12.8 Å². The first-order valence-electron chi connectivity index (χ1n) is 8.37. The molecule has 0 atom stereocenters. The minimum Gasteiger partial charge on any atom is -0.459 e. The number of halogens is 2. The van der Waals surface area contributed by atoms with Gasteiger partial charge in [0, 0.05) is 10.8 Å². The topological polar surface area (TPSA) is 73.3 Å². The highest BCUT2D eigenvalue weighted by Crippen LogP contribution is 2.36. The van der Waals surface area contributed by atoms with Crippen LogP contribution in [0.1, 0.15) is 5.56 Å². The molecule has 0 spiro atoms. The normalized spacial score (nSPS) is 11.7. The number of furan rings is 1. The summed E-state index contributed by atoms with van der Waals surface area (Å²) >= 11 is 6.90. The maximum atomic E-state index is 14.0. The molecule has 2 aromatic carbocycles. The first kappa shape index (κ1) is 19.8. The fourth-order valence-electron chi connectivity index (χ4n) is 2.54. The van der Waals surface area contributed by atoms with E-state index < -0.39 is 9.84 Å². The van der Waals surface area contributed by atoms with Gasteiger partial charge in [-0.15, -0.1) is 0 Å². The molecule has 0 saturated carbocycles. The predicted octanol–water partition coefficient (Wildman–Crippen LogP) is 5.85. The Balaban J connectivity index is 1.75. The molecule has 148 valence electrons. The van der Waals surface area contributed by atoms with Crippen molar-refractivity contribution in [1.29, 1.82) is 0 Å². The van der Waals surface area contributed by atoms with Gasteiger partial charge < -0.3 is 8.83 Å². The third-order valence-corrected chi connectivity index (χ3v) is 7.05. The van der Waals surface area contributed by atoms with Gasteiger partial charge in [-0.2, -0.15) is 4.98 Å². The van der Waals surface area contributed by atoms with E-state index in [1.54, 1.807) is 30.3 Å². The predicted molar refractivity (Wildman–Crippen MR) is 107 cm³/mol. The van der Waals surface area contributed by atoms with E-state index in [2.05, 4.69) is 4.98 Å². The van der Waals surface area contributed by atoms with E-state index in [-0.39, 0.29) is 38.2 Å². The van der Waals surface area contributed by atoms with Crippen LogP contribution < -0.4 is 0 Å². The summed E-state index contributed by atoms with van der Waals surface area (Å²) in [4.78, 5) is 4.18. The van der Waals surface area contributed by atoms with Crippen molar-refractivity contribution >= 4 is 33.2 Å². The van der Waals surface area contributed by atoms with Crippen LogP contribution in [0.15, 0.2) is 90.8 Å². The standard InChI is InChI=1S/C20H13ClFNO4S2/c21-14-7-9-15(10-8-14)29(24,25)19-20(27-18(23-19)17-6-3-11-26-17)28-12-13-4-1-2-5-16(13)22/h1-11H,12H2. The third-order valence-electron chi connectivity index (χ3n) is 3.99. The van der Waals surface area contributed by atoms with Gasteiger partial charge in [0.25, 0.3) is 5.89 Å². The van der Waals surface area contributed by atoms with E-state index in [1.165, 1.54) is 36.6 Å². The van der Waals surface area contributed by atoms with Crippen molar-refractivity contribution in [3.05, 3.63) is 83.3 Å². The number of hydrogen-bond acceptors (Lipinski definition) is 6. The maximum Gasteiger partial charge on any atom is 0.265 e. The van der Waals surface area contributed by atoms with Crippen LogP contribution in [0.4, 0.5) is 4.39 Å². The van der Waals surface area contributed by atoms with E-state index >= 15 is 0 Å². The molecule has 0 amide bonds. The fraction of sp³-hybridized carbons (Fsp3) is 0.0500. The Hall–Kier alpha value is -2.55. The van der Waals surface area contributed by atoms with Crippen LogP contribution in [0, 0.1) is 5.82 Å². The van der Waals surface area contributed by atoms with E-state index in [0.29, 0.717) is 10.6 Å². The number of sulfone groups is 1. The molecule has 0 bridgehead atoms. The van der Waals surface area contributed by atoms with E-state index in [4.69, 9.17) is 20.4 Å².